The molecule has 0 spiro atoms. The summed E-state index contributed by atoms with van der Waals surface area (Å²) >= 11 is 0. The van der Waals surface area contributed by atoms with Gasteiger partial charge in [-0.2, -0.15) is 4.31 Å². The molecule has 29 heavy (non-hydrogen) atoms. The number of nitrogens with zero attached hydrogens (tertiary/aromatic N) is 4. The quantitative estimate of drug-likeness (QED) is 0.665. The molecule has 0 saturated carbocycles. The standard InChI is InChI=1S/C22H30N4O2S/c1-3-26(4-2)29(27,28)21-12-13-22(23-19-21)25-17-15-24(16-18-25)14-8-11-20-9-6-5-7-10-20/h5-13,19H,3-4,14-18H2,1-2H3/b11-8+. The first kappa shape index (κ1) is 21.5. The molecule has 0 unspecified atom stereocenters. The van der Waals surface area contributed by atoms with E-state index in [2.05, 4.69) is 39.1 Å². The molecular weight excluding hydrogens is 384 g/mol. The van der Waals surface area contributed by atoms with Gasteiger partial charge in [-0.3, -0.25) is 4.90 Å². The topological polar surface area (TPSA) is 56.8 Å². The Morgan fingerprint density at radius 2 is 1.69 bits per heavy atom. The molecule has 1 aromatic carbocycles. The average Bonchev–Trinajstić information content (AvgIpc) is 2.76. The maximum Gasteiger partial charge on any atom is 0.244 e. The van der Waals surface area contributed by atoms with Gasteiger partial charge in [-0.1, -0.05) is 56.3 Å². The van der Waals surface area contributed by atoms with E-state index >= 15 is 0 Å². The summed E-state index contributed by atoms with van der Waals surface area (Å²) < 4.78 is 26.6. The van der Waals surface area contributed by atoms with E-state index < -0.39 is 10.0 Å². The highest BCUT2D eigenvalue weighted by molar-refractivity contribution is 7.89. The number of hydrogen-bond donors (Lipinski definition) is 0. The Labute approximate surface area is 174 Å². The second kappa shape index (κ2) is 10.0. The number of anilines is 1. The predicted molar refractivity (Wildman–Crippen MR) is 118 cm³/mol. The van der Waals surface area contributed by atoms with Crippen LogP contribution in [0.2, 0.25) is 0 Å². The number of benzene rings is 1. The SMILES string of the molecule is CCN(CC)S(=O)(=O)c1ccc(N2CCN(C/C=C/c3ccccc3)CC2)nc1. The molecule has 1 saturated heterocycles. The molecule has 0 bridgehead atoms. The molecule has 0 atom stereocenters. The van der Waals surface area contributed by atoms with E-state index in [0.717, 1.165) is 38.5 Å². The summed E-state index contributed by atoms with van der Waals surface area (Å²) in [5.41, 5.74) is 1.22. The number of hydrogen-bond acceptors (Lipinski definition) is 5. The Kier molecular flexibility index (Phi) is 7.41. The predicted octanol–water partition coefficient (Wildman–Crippen LogP) is 2.95. The number of sulfonamides is 1. The summed E-state index contributed by atoms with van der Waals surface area (Å²) in [7, 11) is -3.45. The lowest BCUT2D eigenvalue weighted by molar-refractivity contribution is 0.283. The molecule has 1 aromatic heterocycles. The van der Waals surface area contributed by atoms with Crippen molar-refractivity contribution in [3.63, 3.8) is 0 Å². The Hall–Kier alpha value is -2.22. The minimum absolute atomic E-state index is 0.259. The first-order chi connectivity index (χ1) is 14.0. The molecule has 2 heterocycles. The van der Waals surface area contributed by atoms with Crippen LogP contribution in [0.4, 0.5) is 5.82 Å². The minimum atomic E-state index is -3.45. The number of rotatable bonds is 8. The van der Waals surface area contributed by atoms with Crippen LogP contribution in [0.25, 0.3) is 6.08 Å². The third-order valence-corrected chi connectivity index (χ3v) is 7.27. The van der Waals surface area contributed by atoms with Gasteiger partial charge in [0.25, 0.3) is 0 Å². The van der Waals surface area contributed by atoms with E-state index in [9.17, 15) is 8.42 Å². The largest absolute Gasteiger partial charge is 0.354 e. The van der Waals surface area contributed by atoms with Crippen LogP contribution in [-0.4, -0.2) is 68.4 Å². The summed E-state index contributed by atoms with van der Waals surface area (Å²) in [6.07, 6.45) is 5.84. The van der Waals surface area contributed by atoms with Crippen molar-refractivity contribution in [1.82, 2.24) is 14.2 Å². The summed E-state index contributed by atoms with van der Waals surface area (Å²) in [5.74, 6) is 0.836. The summed E-state index contributed by atoms with van der Waals surface area (Å²) in [4.78, 5) is 9.32. The summed E-state index contributed by atoms with van der Waals surface area (Å²) in [5, 5.41) is 0. The number of piperazine rings is 1. The Morgan fingerprint density at radius 3 is 2.28 bits per heavy atom. The second-order valence-corrected chi connectivity index (χ2v) is 8.98. The van der Waals surface area contributed by atoms with Crippen molar-refractivity contribution in [3.8, 4) is 0 Å². The fraction of sp³-hybridized carbons (Fsp3) is 0.409. The normalized spacial score (nSPS) is 16.0. The lowest BCUT2D eigenvalue weighted by atomic mass is 10.2. The lowest BCUT2D eigenvalue weighted by Gasteiger charge is -2.34. The zero-order valence-electron chi connectivity index (χ0n) is 17.2. The van der Waals surface area contributed by atoms with Crippen molar-refractivity contribution in [2.75, 3.05) is 50.7 Å². The third kappa shape index (κ3) is 5.44. The van der Waals surface area contributed by atoms with E-state index in [1.165, 1.54) is 16.1 Å². The molecule has 0 amide bonds. The van der Waals surface area contributed by atoms with Gasteiger partial charge in [0, 0.05) is 52.0 Å². The highest BCUT2D eigenvalue weighted by Gasteiger charge is 2.23. The molecule has 1 aliphatic heterocycles. The molecule has 6 nitrogen and oxygen atoms in total. The molecule has 0 radical (unpaired) electrons. The minimum Gasteiger partial charge on any atom is -0.354 e. The van der Waals surface area contributed by atoms with Crippen LogP contribution in [-0.2, 0) is 10.0 Å². The molecule has 7 heteroatoms. The zero-order chi connectivity index (χ0) is 20.7. The molecule has 1 aliphatic rings. The first-order valence-corrected chi connectivity index (χ1v) is 11.6. The van der Waals surface area contributed by atoms with Crippen LogP contribution in [0, 0.1) is 0 Å². The molecule has 2 aromatic rings. The van der Waals surface area contributed by atoms with E-state index in [4.69, 9.17) is 0 Å². The molecular formula is C22H30N4O2S. The Balaban J connectivity index is 1.54. The van der Waals surface area contributed by atoms with Gasteiger partial charge in [-0.15, -0.1) is 0 Å². The van der Waals surface area contributed by atoms with Crippen LogP contribution < -0.4 is 4.90 Å². The van der Waals surface area contributed by atoms with E-state index in [1.54, 1.807) is 6.07 Å². The van der Waals surface area contributed by atoms with E-state index in [1.807, 2.05) is 38.1 Å². The monoisotopic (exact) mass is 414 g/mol. The van der Waals surface area contributed by atoms with Crippen molar-refractivity contribution < 1.29 is 8.42 Å². The molecule has 3 rings (SSSR count). The molecule has 0 aliphatic carbocycles. The third-order valence-electron chi connectivity index (χ3n) is 5.23. The number of pyridine rings is 1. The maximum atomic E-state index is 12.6. The summed E-state index contributed by atoms with van der Waals surface area (Å²) in [6.45, 7) is 9.22. The van der Waals surface area contributed by atoms with Crippen molar-refractivity contribution in [3.05, 3.63) is 60.3 Å². The van der Waals surface area contributed by atoms with Crippen LogP contribution in [0.1, 0.15) is 19.4 Å². The van der Waals surface area contributed by atoms with Crippen molar-refractivity contribution in [2.45, 2.75) is 18.7 Å². The van der Waals surface area contributed by atoms with Gasteiger partial charge in [-0.05, 0) is 17.7 Å². The molecule has 0 N–H and O–H groups in total. The zero-order valence-corrected chi connectivity index (χ0v) is 18.1. The summed E-state index contributed by atoms with van der Waals surface area (Å²) in [6, 6.07) is 13.8. The van der Waals surface area contributed by atoms with Crippen LogP contribution in [0.5, 0.6) is 0 Å². The average molecular weight is 415 g/mol. The fourth-order valence-electron chi connectivity index (χ4n) is 3.49. The highest BCUT2D eigenvalue weighted by atomic mass is 32.2. The van der Waals surface area contributed by atoms with Crippen LogP contribution in [0.15, 0.2) is 59.6 Å². The van der Waals surface area contributed by atoms with Gasteiger partial charge in [0.2, 0.25) is 10.0 Å². The van der Waals surface area contributed by atoms with Gasteiger partial charge >= 0.3 is 0 Å². The Morgan fingerprint density at radius 1 is 1.00 bits per heavy atom. The molecule has 156 valence electrons. The van der Waals surface area contributed by atoms with Crippen molar-refractivity contribution >= 4 is 21.9 Å². The molecule has 1 fully saturated rings. The number of aromatic nitrogens is 1. The van der Waals surface area contributed by atoms with Gasteiger partial charge in [0.1, 0.15) is 10.7 Å². The van der Waals surface area contributed by atoms with Gasteiger partial charge < -0.3 is 4.90 Å². The van der Waals surface area contributed by atoms with E-state index in [-0.39, 0.29) is 4.90 Å². The van der Waals surface area contributed by atoms with E-state index in [0.29, 0.717) is 13.1 Å². The van der Waals surface area contributed by atoms with Gasteiger partial charge in [0.15, 0.2) is 0 Å². The Bertz CT molecular complexity index is 886. The first-order valence-electron chi connectivity index (χ1n) is 10.2. The second-order valence-electron chi connectivity index (χ2n) is 7.04. The van der Waals surface area contributed by atoms with Crippen molar-refractivity contribution in [2.24, 2.45) is 0 Å². The van der Waals surface area contributed by atoms with Gasteiger partial charge in [-0.25, -0.2) is 13.4 Å². The van der Waals surface area contributed by atoms with Crippen molar-refractivity contribution in [1.29, 1.82) is 0 Å². The van der Waals surface area contributed by atoms with Gasteiger partial charge in [0.05, 0.1) is 0 Å². The van der Waals surface area contributed by atoms with Crippen LogP contribution >= 0.6 is 0 Å². The maximum absolute atomic E-state index is 12.6. The lowest BCUT2D eigenvalue weighted by Crippen LogP contribution is -2.46. The fourth-order valence-corrected chi connectivity index (χ4v) is 4.89. The highest BCUT2D eigenvalue weighted by Crippen LogP contribution is 2.19. The van der Waals surface area contributed by atoms with Crippen LogP contribution in [0.3, 0.4) is 0 Å². The smallest absolute Gasteiger partial charge is 0.244 e.